The van der Waals surface area contributed by atoms with Crippen molar-refractivity contribution in [3.63, 3.8) is 0 Å². The Hall–Kier alpha value is -1.49. The summed E-state index contributed by atoms with van der Waals surface area (Å²) in [5, 5.41) is 5.90. The Bertz CT molecular complexity index is 360. The smallest absolute Gasteiger partial charge is 0.228 e. The number of halogens is 1. The number of hydrogen-bond acceptors (Lipinski definition) is 3. The van der Waals surface area contributed by atoms with Crippen LogP contribution in [-0.2, 0) is 4.79 Å². The molecule has 5 heteroatoms. The lowest BCUT2D eigenvalue weighted by atomic mass is 9.99. The minimum absolute atomic E-state index is 0.00111. The first kappa shape index (κ1) is 11.0. The molecule has 16 heavy (non-hydrogen) atoms. The maximum Gasteiger partial charge on any atom is 0.228 e. The van der Waals surface area contributed by atoms with Gasteiger partial charge in [0.05, 0.1) is 17.8 Å². The van der Waals surface area contributed by atoms with Gasteiger partial charge in [0, 0.05) is 6.54 Å². The van der Waals surface area contributed by atoms with Gasteiger partial charge in [-0.25, -0.2) is 4.98 Å². The third-order valence-corrected chi connectivity index (χ3v) is 2.66. The van der Waals surface area contributed by atoms with Crippen LogP contribution in [0.1, 0.15) is 12.8 Å². The van der Waals surface area contributed by atoms with E-state index in [2.05, 4.69) is 15.6 Å². The molecule has 2 heterocycles. The summed E-state index contributed by atoms with van der Waals surface area (Å²) < 4.78 is 12.5. The summed E-state index contributed by atoms with van der Waals surface area (Å²) in [6.45, 7) is 1.68. The van der Waals surface area contributed by atoms with Crippen LogP contribution in [-0.4, -0.2) is 24.0 Å². The molecule has 1 aliphatic heterocycles. The van der Waals surface area contributed by atoms with Gasteiger partial charge >= 0.3 is 0 Å². The van der Waals surface area contributed by atoms with Gasteiger partial charge in [0.15, 0.2) is 0 Å². The van der Waals surface area contributed by atoms with Crippen LogP contribution in [0, 0.1) is 11.9 Å². The Labute approximate surface area is 93.3 Å². The number of anilines is 1. The molecule has 0 aromatic carbocycles. The second-order valence-corrected chi connectivity index (χ2v) is 3.90. The molecule has 0 aliphatic carbocycles. The topological polar surface area (TPSA) is 54.0 Å². The highest BCUT2D eigenvalue weighted by atomic mass is 19.1. The predicted octanol–water partition coefficient (Wildman–Crippen LogP) is 1.16. The molecule has 1 aliphatic rings. The van der Waals surface area contributed by atoms with E-state index >= 15 is 0 Å². The largest absolute Gasteiger partial charge is 0.324 e. The highest BCUT2D eigenvalue weighted by molar-refractivity contribution is 5.92. The fourth-order valence-electron chi connectivity index (χ4n) is 1.77. The van der Waals surface area contributed by atoms with Crippen molar-refractivity contribution >= 4 is 11.6 Å². The van der Waals surface area contributed by atoms with Crippen molar-refractivity contribution in [2.75, 3.05) is 18.4 Å². The Balaban J connectivity index is 1.93. The quantitative estimate of drug-likeness (QED) is 0.740. The fraction of sp³-hybridized carbons (Fsp3) is 0.455. The minimum atomic E-state index is -0.544. The molecule has 4 nitrogen and oxygen atoms in total. The van der Waals surface area contributed by atoms with E-state index in [1.165, 1.54) is 18.3 Å². The first-order chi connectivity index (χ1) is 7.75. The average molecular weight is 223 g/mol. The fourth-order valence-corrected chi connectivity index (χ4v) is 1.77. The molecular formula is C11H14FN3O. The number of hydrogen-bond donors (Lipinski definition) is 2. The minimum Gasteiger partial charge on any atom is -0.324 e. The first-order valence-electron chi connectivity index (χ1n) is 5.39. The maximum absolute atomic E-state index is 12.5. The molecule has 1 aromatic heterocycles. The lowest BCUT2D eigenvalue weighted by molar-refractivity contribution is -0.120. The molecule has 2 N–H and O–H groups in total. The van der Waals surface area contributed by atoms with Crippen molar-refractivity contribution in [2.24, 2.45) is 5.92 Å². The van der Waals surface area contributed by atoms with Crippen LogP contribution in [0.3, 0.4) is 0 Å². The van der Waals surface area contributed by atoms with Crippen molar-refractivity contribution in [1.29, 1.82) is 0 Å². The monoisotopic (exact) mass is 223 g/mol. The van der Waals surface area contributed by atoms with E-state index in [0.717, 1.165) is 19.4 Å². The number of nitrogens with zero attached hydrogens (tertiary/aromatic N) is 1. The van der Waals surface area contributed by atoms with E-state index in [9.17, 15) is 9.18 Å². The third kappa shape index (κ3) is 2.76. The van der Waals surface area contributed by atoms with Crippen LogP contribution >= 0.6 is 0 Å². The van der Waals surface area contributed by atoms with E-state index in [1.54, 1.807) is 0 Å². The van der Waals surface area contributed by atoms with Gasteiger partial charge in [0.2, 0.25) is 11.9 Å². The Kier molecular flexibility index (Phi) is 3.46. The predicted molar refractivity (Wildman–Crippen MR) is 58.4 cm³/mol. The number of amides is 1. The summed E-state index contributed by atoms with van der Waals surface area (Å²) in [4.78, 5) is 15.3. The van der Waals surface area contributed by atoms with Gasteiger partial charge in [0.1, 0.15) is 0 Å². The molecule has 0 saturated carbocycles. The average Bonchev–Trinajstić information content (AvgIpc) is 2.33. The molecule has 0 bridgehead atoms. The number of rotatable bonds is 2. The summed E-state index contributed by atoms with van der Waals surface area (Å²) in [7, 11) is 0. The highest BCUT2D eigenvalue weighted by Gasteiger charge is 2.20. The molecule has 0 spiro atoms. The number of pyridine rings is 1. The molecule has 0 unspecified atom stereocenters. The van der Waals surface area contributed by atoms with Gasteiger partial charge < -0.3 is 10.6 Å². The Morgan fingerprint density at radius 3 is 3.06 bits per heavy atom. The van der Waals surface area contributed by atoms with Gasteiger partial charge in [-0.2, -0.15) is 4.39 Å². The summed E-state index contributed by atoms with van der Waals surface area (Å²) in [6, 6.07) is 2.74. The van der Waals surface area contributed by atoms with Gasteiger partial charge in [-0.3, -0.25) is 4.79 Å². The lowest BCUT2D eigenvalue weighted by Gasteiger charge is -2.21. The van der Waals surface area contributed by atoms with Gasteiger partial charge in [-0.05, 0) is 31.5 Å². The number of carbonyl (C=O) groups is 1. The zero-order valence-corrected chi connectivity index (χ0v) is 8.87. The molecular weight excluding hydrogens is 209 g/mol. The van der Waals surface area contributed by atoms with Crippen molar-refractivity contribution < 1.29 is 9.18 Å². The van der Waals surface area contributed by atoms with Gasteiger partial charge in [-0.15, -0.1) is 0 Å². The number of carbonyl (C=O) groups excluding carboxylic acids is 1. The molecule has 1 aromatic rings. The van der Waals surface area contributed by atoms with Crippen molar-refractivity contribution in [1.82, 2.24) is 10.3 Å². The van der Waals surface area contributed by atoms with Crippen molar-refractivity contribution in [2.45, 2.75) is 12.8 Å². The summed E-state index contributed by atoms with van der Waals surface area (Å²) in [5.41, 5.74) is 0.539. The van der Waals surface area contributed by atoms with Gasteiger partial charge in [-0.1, -0.05) is 0 Å². The van der Waals surface area contributed by atoms with Crippen molar-refractivity contribution in [3.8, 4) is 0 Å². The molecule has 0 radical (unpaired) electrons. The van der Waals surface area contributed by atoms with E-state index in [-0.39, 0.29) is 11.8 Å². The second kappa shape index (κ2) is 5.03. The number of nitrogens with one attached hydrogen (secondary N) is 2. The van der Waals surface area contributed by atoms with Crippen molar-refractivity contribution in [3.05, 3.63) is 24.3 Å². The van der Waals surface area contributed by atoms with Crippen LogP contribution in [0.4, 0.5) is 10.1 Å². The molecule has 1 amide bonds. The highest BCUT2D eigenvalue weighted by Crippen LogP contribution is 2.13. The summed E-state index contributed by atoms with van der Waals surface area (Å²) >= 11 is 0. The normalized spacial score (nSPS) is 20.4. The van der Waals surface area contributed by atoms with Crippen LogP contribution in [0.25, 0.3) is 0 Å². The van der Waals surface area contributed by atoms with Crippen LogP contribution in [0.2, 0.25) is 0 Å². The summed E-state index contributed by atoms with van der Waals surface area (Å²) in [6.07, 6.45) is 3.23. The van der Waals surface area contributed by atoms with Crippen LogP contribution < -0.4 is 10.6 Å². The van der Waals surface area contributed by atoms with E-state index in [0.29, 0.717) is 12.2 Å². The van der Waals surface area contributed by atoms with E-state index in [1.807, 2.05) is 0 Å². The zero-order valence-electron chi connectivity index (χ0n) is 8.87. The van der Waals surface area contributed by atoms with E-state index < -0.39 is 5.95 Å². The Morgan fingerprint density at radius 2 is 2.44 bits per heavy atom. The zero-order chi connectivity index (χ0) is 11.4. The van der Waals surface area contributed by atoms with Crippen LogP contribution in [0.15, 0.2) is 18.3 Å². The molecule has 1 fully saturated rings. The first-order valence-corrected chi connectivity index (χ1v) is 5.39. The molecule has 1 atom stereocenters. The maximum atomic E-state index is 12.5. The van der Waals surface area contributed by atoms with Crippen LogP contribution in [0.5, 0.6) is 0 Å². The van der Waals surface area contributed by atoms with Gasteiger partial charge in [0.25, 0.3) is 0 Å². The molecule has 1 saturated heterocycles. The third-order valence-electron chi connectivity index (χ3n) is 2.66. The van der Waals surface area contributed by atoms with E-state index in [4.69, 9.17) is 0 Å². The Morgan fingerprint density at radius 1 is 1.56 bits per heavy atom. The molecule has 86 valence electrons. The number of aromatic nitrogens is 1. The number of piperidine rings is 1. The molecule has 2 rings (SSSR count). The lowest BCUT2D eigenvalue weighted by Crippen LogP contribution is -2.37. The second-order valence-electron chi connectivity index (χ2n) is 3.90. The standard InChI is InChI=1S/C11H14FN3O/c12-10-4-3-9(7-14-10)15-11(16)8-2-1-5-13-6-8/h3-4,7-8,13H,1-2,5-6H2,(H,15,16)/t8-/m0/s1. The summed E-state index contributed by atoms with van der Waals surface area (Å²) in [5.74, 6) is -0.572. The SMILES string of the molecule is O=C(Nc1ccc(F)nc1)[C@H]1CCCNC1.